The number of halogens is 11. The molecule has 0 aliphatic heterocycles. The van der Waals surface area contributed by atoms with E-state index in [-0.39, 0.29) is 67.4 Å². The summed E-state index contributed by atoms with van der Waals surface area (Å²) in [4.78, 5) is 43.1. The molecule has 3 heterocycles. The smallest absolute Gasteiger partial charge is 0.351 e. The van der Waals surface area contributed by atoms with Crippen molar-refractivity contribution in [2.24, 2.45) is 5.92 Å². The molecule has 0 radical (unpaired) electrons. The van der Waals surface area contributed by atoms with Gasteiger partial charge in [-0.25, -0.2) is 18.0 Å². The van der Waals surface area contributed by atoms with Gasteiger partial charge in [-0.3, -0.25) is 23.4 Å². The van der Waals surface area contributed by atoms with E-state index in [0.29, 0.717) is 16.7 Å². The number of amides is 1. The molecule has 7 rings (SSSR count). The summed E-state index contributed by atoms with van der Waals surface area (Å²) in [6.07, 6.45) is -7.77. The van der Waals surface area contributed by atoms with Crippen LogP contribution in [-0.2, 0) is 67.9 Å². The number of aromatic nitrogens is 5. The highest BCUT2D eigenvalue weighted by atomic mass is 35.5. The average molecular weight is 1160 g/mol. The zero-order valence-corrected chi connectivity index (χ0v) is 45.8. The second-order valence-corrected chi connectivity index (χ2v) is 20.4. The van der Waals surface area contributed by atoms with Crippen LogP contribution in [0.25, 0.3) is 22.0 Å². The molecule has 4 atom stereocenters. The molecular weight excluding hydrogens is 1110 g/mol. The number of nitrogens with one attached hydrogen (secondary N) is 2. The van der Waals surface area contributed by atoms with Crippen molar-refractivity contribution in [1.82, 2.24) is 29.9 Å². The average Bonchev–Trinajstić information content (AvgIpc) is 3.58. The Bertz CT molecular complexity index is 2840. The third-order valence-corrected chi connectivity index (χ3v) is 13.0. The first kappa shape index (κ1) is 65.4. The number of fused-ring (bicyclic) bond motifs is 2. The van der Waals surface area contributed by atoms with Gasteiger partial charge in [-0.15, -0.1) is 11.8 Å². The summed E-state index contributed by atoms with van der Waals surface area (Å²) < 4.78 is 167. The van der Waals surface area contributed by atoms with Crippen LogP contribution in [0.4, 0.5) is 49.7 Å². The van der Waals surface area contributed by atoms with Gasteiger partial charge in [-0.2, -0.15) is 45.3 Å². The molecule has 1 fully saturated rings. The molecule has 420 valence electrons. The van der Waals surface area contributed by atoms with Gasteiger partial charge in [-0.1, -0.05) is 58.2 Å². The molecule has 3 aromatic heterocycles. The Balaban J connectivity index is 0.000000830. The van der Waals surface area contributed by atoms with E-state index < -0.39 is 115 Å². The lowest BCUT2D eigenvalue weighted by Crippen LogP contribution is -2.35. The van der Waals surface area contributed by atoms with E-state index in [9.17, 15) is 44.1 Å². The largest absolute Gasteiger partial charge is 0.435 e. The molecule has 2 aliphatic rings. The Morgan fingerprint density at radius 3 is 2.16 bits per heavy atom. The quantitative estimate of drug-likeness (QED) is 0.0339. The highest BCUT2D eigenvalue weighted by Gasteiger charge is 2.50. The molecule has 1 amide bonds. The van der Waals surface area contributed by atoms with Gasteiger partial charge in [0.2, 0.25) is 5.91 Å². The van der Waals surface area contributed by atoms with Crippen molar-refractivity contribution in [2.75, 3.05) is 24.0 Å². The number of hydrogen-bond donors (Lipinski definition) is 4. The number of carbonyl (C=O) groups excluding carboxylic acids is 2. The van der Waals surface area contributed by atoms with Gasteiger partial charge < -0.3 is 24.6 Å². The summed E-state index contributed by atoms with van der Waals surface area (Å²) >= 11 is 7.91. The summed E-state index contributed by atoms with van der Waals surface area (Å²) in [5.74, 6) is -0.760. The monoisotopic (exact) mass is 1160 g/mol. The minimum atomic E-state index is -5.13. The zero-order chi connectivity index (χ0) is 57.7. The van der Waals surface area contributed by atoms with E-state index in [0.717, 1.165) is 18.6 Å². The van der Waals surface area contributed by atoms with E-state index in [1.807, 2.05) is 48.3 Å². The molecule has 5 aromatic rings. The summed E-state index contributed by atoms with van der Waals surface area (Å²) in [5.41, 5.74) is -3.93. The predicted molar refractivity (Wildman–Crippen MR) is 272 cm³/mol. The number of thioether (sulfide) groups is 1. The Hall–Kier alpha value is -4.87. The predicted octanol–water partition coefficient (Wildman–Crippen LogP) is 11.6. The summed E-state index contributed by atoms with van der Waals surface area (Å²) in [5, 5.41) is 9.70. The maximum absolute atomic E-state index is 15.0. The van der Waals surface area contributed by atoms with Crippen molar-refractivity contribution in [3.63, 3.8) is 0 Å². The number of hydrogen-bond acceptors (Lipinski definition) is 11. The summed E-state index contributed by atoms with van der Waals surface area (Å²) in [6.45, 7) is 12.8. The number of anilines is 1. The van der Waals surface area contributed by atoms with Crippen LogP contribution in [0.5, 0.6) is 0 Å². The molecule has 76 heavy (non-hydrogen) atoms. The van der Waals surface area contributed by atoms with Gasteiger partial charge in [0, 0.05) is 35.4 Å². The number of rotatable bonds is 15. The number of alkyl halides is 8. The molecule has 28 heteroatoms. The summed E-state index contributed by atoms with van der Waals surface area (Å²) in [6, 6.07) is 6.34. The van der Waals surface area contributed by atoms with Gasteiger partial charge >= 0.3 is 21.0 Å². The molecule has 0 saturated heterocycles. The first-order valence-electron chi connectivity index (χ1n) is 23.0. The van der Waals surface area contributed by atoms with Crippen LogP contribution in [0.1, 0.15) is 101 Å². The number of pyridine rings is 1. The van der Waals surface area contributed by atoms with Crippen LogP contribution in [-0.4, -0.2) is 87.6 Å². The Morgan fingerprint density at radius 2 is 1.62 bits per heavy atom. The van der Waals surface area contributed by atoms with Gasteiger partial charge in [0.25, 0.3) is 5.92 Å². The fourth-order valence-corrected chi connectivity index (χ4v) is 8.39. The van der Waals surface area contributed by atoms with Crippen LogP contribution < -0.4 is 10.0 Å². The first-order chi connectivity index (χ1) is 35.6. The van der Waals surface area contributed by atoms with Gasteiger partial charge in [0.15, 0.2) is 18.3 Å². The van der Waals surface area contributed by atoms with E-state index >= 15 is 8.78 Å². The van der Waals surface area contributed by atoms with Crippen LogP contribution in [0.15, 0.2) is 42.5 Å². The SMILES string of the molecule is C=O.CC.CC.CSC(C)(C)C#Cc1ccc(-c2ccc(Cl)c3c(NS(C)=O)nn(CC(F)(F)F)c23)c(C(Cc2cc(F)cc(F)c2)NC(=O)Cn2nc(C(F)(F)F)c3c2C(F)(F)CC3)n1.C[C@H]1CC1OCOP(O)O. The maximum atomic E-state index is 15.0. The van der Waals surface area contributed by atoms with E-state index in [1.54, 1.807) is 6.26 Å². The Kier molecular flexibility index (Phi) is 24.2. The van der Waals surface area contributed by atoms with Crippen LogP contribution in [0.2, 0.25) is 5.02 Å². The number of ether oxygens (including phenoxy) is 1. The van der Waals surface area contributed by atoms with E-state index in [4.69, 9.17) is 30.9 Å². The molecule has 0 bridgehead atoms. The molecule has 14 nitrogen and oxygen atoms in total. The lowest BCUT2D eigenvalue weighted by atomic mass is 9.93. The zero-order valence-electron chi connectivity index (χ0n) is 42.5. The molecule has 3 unspecified atom stereocenters. The second kappa shape index (κ2) is 28.1. The topological polar surface area (TPSA) is 183 Å². The number of carbonyl (C=O) groups is 2. The van der Waals surface area contributed by atoms with Crippen molar-refractivity contribution in [1.29, 1.82) is 0 Å². The van der Waals surface area contributed by atoms with Crippen molar-refractivity contribution in [3.8, 4) is 23.0 Å². The molecule has 4 N–H and O–H groups in total. The molecular formula is C48H57ClF10N7O7PS2. The third-order valence-electron chi connectivity index (χ3n) is 10.8. The summed E-state index contributed by atoms with van der Waals surface area (Å²) in [7, 11) is -4.09. The van der Waals surface area contributed by atoms with Gasteiger partial charge in [0.05, 0.1) is 38.5 Å². The normalized spacial score (nSPS) is 16.2. The maximum Gasteiger partial charge on any atom is 0.435 e. The van der Waals surface area contributed by atoms with E-state index in [1.165, 1.54) is 42.3 Å². The van der Waals surface area contributed by atoms with Crippen LogP contribution in [0, 0.1) is 29.4 Å². The Morgan fingerprint density at radius 1 is 1.01 bits per heavy atom. The number of nitrogens with zero attached hydrogens (tertiary/aromatic N) is 5. The van der Waals surface area contributed by atoms with Crippen molar-refractivity contribution in [2.45, 2.75) is 122 Å². The highest BCUT2D eigenvalue weighted by Crippen LogP contribution is 2.47. The minimum Gasteiger partial charge on any atom is -0.351 e. The fraction of sp³-hybridized carbons (Fsp3) is 0.479. The second-order valence-electron chi connectivity index (χ2n) is 16.6. The van der Waals surface area contributed by atoms with Gasteiger partial charge in [-0.05, 0) is 87.1 Å². The number of benzene rings is 2. The van der Waals surface area contributed by atoms with E-state index in [2.05, 4.69) is 48.5 Å². The molecule has 0 spiro atoms. The lowest BCUT2D eigenvalue weighted by molar-refractivity contribution is -0.142. The lowest BCUT2D eigenvalue weighted by Gasteiger charge is -2.23. The van der Waals surface area contributed by atoms with Crippen LogP contribution in [0.3, 0.4) is 0 Å². The van der Waals surface area contributed by atoms with Crippen LogP contribution >= 0.6 is 32.0 Å². The van der Waals surface area contributed by atoms with Crippen molar-refractivity contribution in [3.05, 3.63) is 93.0 Å². The fourth-order valence-electron chi connectivity index (χ4n) is 7.42. The minimum absolute atomic E-state index is 0.00624. The Labute approximate surface area is 445 Å². The molecule has 2 aromatic carbocycles. The molecule has 1 saturated carbocycles. The molecule has 2 aliphatic carbocycles. The standard InChI is InChI=1S/C38H32ClF10N7O2S2.C5H11O4P.2C2H6.CH2O/c1-35(2,59-3)11-9-22-5-6-23(24-7-8-26(39)29-31(24)56(18-37(44,45)46)53-34(29)54-60(4)58)30(50-22)27(15-19-13-20(40)16-21(41)14-19)51-28(57)17-55-33-25(10-12-36(33,42)43)32(52-55)38(47,48)49;1-4-2-5(4)8-3-9-10(6)7;3*1-2/h5-8,13-14,16,27H,10,12,15,17-18H2,1-4H3,(H,51,57)(H,53,54);4-7H,2-3H2,1H3;2*1-2H3;1H2/t;4-,5?;;;/m.0.../s1. The first-order valence-corrected chi connectivity index (χ1v) is 27.3. The van der Waals surface area contributed by atoms with Gasteiger partial charge in [0.1, 0.15) is 53.9 Å². The highest BCUT2D eigenvalue weighted by molar-refractivity contribution is 8.00. The van der Waals surface area contributed by atoms with Crippen molar-refractivity contribution < 1.29 is 76.7 Å². The van der Waals surface area contributed by atoms with Crippen molar-refractivity contribution >= 4 is 72.4 Å². The third kappa shape index (κ3) is 18.1.